The van der Waals surface area contributed by atoms with E-state index in [1.54, 1.807) is 96.0 Å². The molecule has 0 saturated carbocycles. The van der Waals surface area contributed by atoms with Crippen molar-refractivity contribution in [2.24, 2.45) is 17.8 Å². The first-order valence-corrected chi connectivity index (χ1v) is 48.0. The molecule has 17 heterocycles. The molecular weight excluding hydrogens is 1830 g/mol. The number of methoxy groups -OCH3 is 4. The first kappa shape index (κ1) is 95.3. The molecule has 4 aromatic carbocycles. The minimum absolute atomic E-state index is 0.0364. The number of carbonyl (C=O) groups is 4. The first-order valence-electron chi connectivity index (χ1n) is 46.2. The number of hydrogen-bond acceptors (Lipinski definition) is 29. The van der Waals surface area contributed by atoms with Crippen molar-refractivity contribution in [1.29, 1.82) is 0 Å². The molecule has 0 unspecified atom stereocenters. The number of morpholine rings is 2. The van der Waals surface area contributed by atoms with E-state index in [0.717, 1.165) is 169 Å². The summed E-state index contributed by atoms with van der Waals surface area (Å²) in [5.74, 6) is 5.29. The number of benzene rings is 4. The lowest BCUT2D eigenvalue weighted by Gasteiger charge is -2.32. The number of H-pyrrole nitrogens is 8. The standard InChI is InChI=1S/C26H30N8O2.C24H24F3N7O3.C22H24N8O3.C22H29N7O4S/c35-26(19-5-4-8-27-25(19)34-9-2-1-3-10-34)31-22-16-28-32-23(22)24-29-20-7-6-18(15-21(20)30-24)17-33-11-13-36-14-12-33;1-36-18-9-15-16(10-19(18)37-2)31-22(30-15)21-17(12-29-33-21)32-23(35)13-5-7-34(8-6-13)20-4-3-14(11-28-20)24(25,26)27;1-32-17-10-14-15(11-18(17)33-2)27-20(26-14)19-16(12-25-29-19)28-21(31)13-4-8-30(9-5-13)22-23-6-3-7-24-22;1-34(31,32)29-6-4-16(5-7-29)22(30)26-19-13-23-27-20(19)21-24-17-3-2-15(12-18(17)25-21)14-28-8-10-33-11-9-28/h4-8,15-16H,1-3,9-14,17H2,(H,28,32)(H,29,30)(H,31,35);3-4,9-13H,5-8H2,1-2H3,(H,29,33)(H,30,31)(H,32,35);3,6-7,10-13H,4-5,8-9H2,1-2H3,(H,25,29)(H,26,27)(H,28,31);2-3,12-13,16H,4-11,14H2,1H3,(H,23,27)(H,24,25)(H,26,30). The summed E-state index contributed by atoms with van der Waals surface area (Å²) in [6, 6.07) is 27.4. The van der Waals surface area contributed by atoms with Crippen molar-refractivity contribution in [2.75, 3.05) is 176 Å². The average Bonchev–Trinajstić information content (AvgIpc) is 1.66. The zero-order valence-corrected chi connectivity index (χ0v) is 78.4. The molecule has 732 valence electrons. The van der Waals surface area contributed by atoms with Gasteiger partial charge in [0.25, 0.3) is 5.91 Å². The molecule has 42 nitrogen and oxygen atoms in total. The van der Waals surface area contributed by atoms with Gasteiger partial charge in [0.2, 0.25) is 33.7 Å². The largest absolute Gasteiger partial charge is 0.493 e. The number of piperidine rings is 4. The molecule has 12 N–H and O–H groups in total. The number of aromatic amines is 8. The van der Waals surface area contributed by atoms with Crippen molar-refractivity contribution >= 4 is 118 Å². The smallest absolute Gasteiger partial charge is 0.417 e. The van der Waals surface area contributed by atoms with Gasteiger partial charge in [-0.15, -0.1) is 0 Å². The van der Waals surface area contributed by atoms with Gasteiger partial charge in [-0.2, -0.15) is 33.6 Å². The molecule has 21 rings (SSSR count). The molecule has 15 aromatic rings. The number of ether oxygens (including phenoxy) is 6. The maximum atomic E-state index is 13.3. The topological polar surface area (TPSA) is 506 Å². The molecule has 140 heavy (non-hydrogen) atoms. The number of nitrogens with one attached hydrogen (secondary N) is 12. The van der Waals surface area contributed by atoms with Crippen molar-refractivity contribution in [3.05, 3.63) is 163 Å². The summed E-state index contributed by atoms with van der Waals surface area (Å²) >= 11 is 0. The van der Waals surface area contributed by atoms with Crippen LogP contribution in [-0.2, 0) is 53.1 Å². The van der Waals surface area contributed by atoms with Gasteiger partial charge in [0.05, 0.1) is 164 Å². The summed E-state index contributed by atoms with van der Waals surface area (Å²) < 4.78 is 95.5. The summed E-state index contributed by atoms with van der Waals surface area (Å²) in [6.45, 7) is 13.6. The molecular formula is C94H107F3N30O12S. The summed E-state index contributed by atoms with van der Waals surface area (Å²) in [4.78, 5) is 112. The van der Waals surface area contributed by atoms with Gasteiger partial charge in [0, 0.05) is 158 Å². The number of pyridine rings is 2. The highest BCUT2D eigenvalue weighted by molar-refractivity contribution is 7.88. The highest BCUT2D eigenvalue weighted by Gasteiger charge is 2.35. The van der Waals surface area contributed by atoms with Gasteiger partial charge in [0.15, 0.2) is 46.3 Å². The Bertz CT molecular complexity index is 6860. The Morgan fingerprint density at radius 2 is 0.829 bits per heavy atom. The maximum absolute atomic E-state index is 13.3. The third-order valence-electron chi connectivity index (χ3n) is 25.6. The number of sulfonamides is 1. The third-order valence-corrected chi connectivity index (χ3v) is 26.9. The summed E-state index contributed by atoms with van der Waals surface area (Å²) in [5.41, 5.74) is 13.2. The van der Waals surface area contributed by atoms with Gasteiger partial charge in [-0.3, -0.25) is 49.4 Å². The number of halogens is 3. The molecule has 6 aliphatic heterocycles. The van der Waals surface area contributed by atoms with Crippen LogP contribution in [0.3, 0.4) is 0 Å². The van der Waals surface area contributed by atoms with Crippen molar-refractivity contribution in [1.82, 2.24) is 115 Å². The molecule has 0 radical (unpaired) electrons. The predicted octanol–water partition coefficient (Wildman–Crippen LogP) is 11.7. The van der Waals surface area contributed by atoms with E-state index >= 15 is 0 Å². The van der Waals surface area contributed by atoms with Gasteiger partial charge < -0.3 is 84.3 Å². The van der Waals surface area contributed by atoms with E-state index in [0.29, 0.717) is 172 Å². The average molecular weight is 1940 g/mol. The zero-order chi connectivity index (χ0) is 97.0. The second-order valence-corrected chi connectivity index (χ2v) is 36.6. The Morgan fingerprint density at radius 3 is 1.24 bits per heavy atom. The van der Waals surface area contributed by atoms with Crippen LogP contribution in [0.5, 0.6) is 23.0 Å². The van der Waals surface area contributed by atoms with E-state index in [1.807, 2.05) is 29.2 Å². The number of anilines is 7. The second-order valence-electron chi connectivity index (χ2n) is 34.7. The van der Waals surface area contributed by atoms with E-state index < -0.39 is 21.8 Å². The Morgan fingerprint density at radius 1 is 0.429 bits per heavy atom. The van der Waals surface area contributed by atoms with Crippen molar-refractivity contribution < 1.29 is 69.2 Å². The fourth-order valence-corrected chi connectivity index (χ4v) is 18.8. The Hall–Kier alpha value is -15.0. The summed E-state index contributed by atoms with van der Waals surface area (Å²) in [7, 11) is 3.03. The highest BCUT2D eigenvalue weighted by atomic mass is 32.2. The molecule has 0 aliphatic carbocycles. The quantitative estimate of drug-likeness (QED) is 0.0267. The van der Waals surface area contributed by atoms with Crippen LogP contribution >= 0.6 is 0 Å². The van der Waals surface area contributed by atoms with Crippen LogP contribution in [0.1, 0.15) is 84.8 Å². The number of aromatic nitrogens is 20. The van der Waals surface area contributed by atoms with Crippen molar-refractivity contribution in [3.8, 4) is 69.1 Å². The lowest BCUT2D eigenvalue weighted by Crippen LogP contribution is -2.40. The van der Waals surface area contributed by atoms with Gasteiger partial charge in [-0.25, -0.2) is 52.6 Å². The molecule has 46 heteroatoms. The van der Waals surface area contributed by atoms with Crippen LogP contribution in [-0.4, -0.2) is 286 Å². The molecule has 0 atom stereocenters. The fraction of sp³-hybridized carbons (Fsp3) is 0.383. The Kier molecular flexibility index (Phi) is 29.2. The van der Waals surface area contributed by atoms with Gasteiger partial charge in [-0.1, -0.05) is 12.1 Å². The number of imidazole rings is 4. The van der Waals surface area contributed by atoms with Gasteiger partial charge >= 0.3 is 6.18 Å². The molecule has 4 amide bonds. The molecule has 6 saturated heterocycles. The number of nitrogens with zero attached hydrogens (tertiary/aromatic N) is 18. The molecule has 11 aromatic heterocycles. The minimum Gasteiger partial charge on any atom is -0.493 e. The molecule has 6 fully saturated rings. The number of amides is 4. The van der Waals surface area contributed by atoms with Gasteiger partial charge in [-0.05, 0) is 124 Å². The molecule has 0 spiro atoms. The van der Waals surface area contributed by atoms with E-state index in [-0.39, 0.29) is 41.4 Å². The van der Waals surface area contributed by atoms with E-state index in [2.05, 4.69) is 161 Å². The SMILES string of the molecule is COc1cc2nc(-c3[nH]ncc3NC(=O)C3CCN(c4ccc(C(F)(F)F)cn4)CC3)[nH]c2cc1OC.COc1cc2nc(-c3[nH]ncc3NC(=O)C3CCN(c4ncccn4)CC3)[nH]c2cc1OC.CS(=O)(=O)N1CCC(C(=O)Nc2cn[nH]c2-c2nc3ccc(CN4CCOCC4)cc3[nH]2)CC1.O=C(Nc1cn[nH]c1-c1nc2ccc(CN3CCOCC3)cc2[nH]1)c1cccnc1N1CCCCC1. The van der Waals surface area contributed by atoms with Crippen LogP contribution in [0.25, 0.3) is 90.2 Å². The van der Waals surface area contributed by atoms with Crippen molar-refractivity contribution in [2.45, 2.75) is 77.1 Å². The van der Waals surface area contributed by atoms with Crippen LogP contribution < -0.4 is 54.9 Å². The maximum Gasteiger partial charge on any atom is 0.417 e. The second kappa shape index (κ2) is 42.9. The van der Waals surface area contributed by atoms with Crippen LogP contribution in [0, 0.1) is 17.8 Å². The van der Waals surface area contributed by atoms with Crippen LogP contribution in [0.2, 0.25) is 0 Å². The number of hydrogen-bond donors (Lipinski definition) is 12. The molecule has 6 aliphatic rings. The number of rotatable bonds is 24. The van der Waals surface area contributed by atoms with Crippen molar-refractivity contribution in [3.63, 3.8) is 0 Å². The fourth-order valence-electron chi connectivity index (χ4n) is 17.9. The number of carbonyl (C=O) groups excluding carboxylic acids is 4. The minimum atomic E-state index is -4.43. The number of alkyl halides is 3. The van der Waals surface area contributed by atoms with E-state index in [9.17, 15) is 40.8 Å². The predicted molar refractivity (Wildman–Crippen MR) is 518 cm³/mol. The highest BCUT2D eigenvalue weighted by Crippen LogP contribution is 2.40. The summed E-state index contributed by atoms with van der Waals surface area (Å²) in [6.07, 6.45) is 16.0. The third kappa shape index (κ3) is 22.4. The van der Waals surface area contributed by atoms with Crippen LogP contribution in [0.4, 0.5) is 53.5 Å². The van der Waals surface area contributed by atoms with E-state index in [1.165, 1.54) is 40.4 Å². The van der Waals surface area contributed by atoms with E-state index in [4.69, 9.17) is 33.4 Å². The Balaban J connectivity index is 0.000000124. The van der Waals surface area contributed by atoms with Gasteiger partial charge in [0.1, 0.15) is 34.4 Å². The monoisotopic (exact) mass is 1940 g/mol. The summed E-state index contributed by atoms with van der Waals surface area (Å²) in [5, 5.41) is 40.1. The first-order chi connectivity index (χ1) is 68.0. The lowest BCUT2D eigenvalue weighted by atomic mass is 9.95. The molecule has 0 bridgehead atoms. The normalized spacial score (nSPS) is 16.2. The lowest BCUT2D eigenvalue weighted by molar-refractivity contribution is -0.137. The number of fused-ring (bicyclic) bond motifs is 4. The zero-order valence-electron chi connectivity index (χ0n) is 77.6. The van der Waals surface area contributed by atoms with Crippen LogP contribution in [0.15, 0.2) is 141 Å². The Labute approximate surface area is 800 Å².